The molecule has 102 heavy (non-hydrogen) atoms. The number of carbonyl (C=O) groups is 3. The van der Waals surface area contributed by atoms with Gasteiger partial charge in [-0.3, -0.25) is 9.59 Å². The fourth-order valence-electron chi connectivity index (χ4n) is 13.2. The molecule has 0 aliphatic rings. The first-order valence-electron chi connectivity index (χ1n) is 44.2. The van der Waals surface area contributed by atoms with Crippen LogP contribution in [0.4, 0.5) is 0 Å². The number of carbonyl (C=O) groups excluding carboxylic acids is 3. The number of ether oxygens (including phenoxy) is 4. The standard InChI is InChI=1S/C93H169NO8/c1-6-8-10-12-14-16-18-20-22-24-26-28-30-32-34-36-38-40-42-44-45-46-47-48-50-52-54-56-58-60-62-64-66-68-70-72-74-76-78-80-82-84-91(96)102-89(88-101-93(92(97)98)99-86-85-94(3,4)5)87-100-90(95)83-81-79-77-75-73-71-69-67-65-63-61-59-57-55-53-51-49-43-41-39-37-35-33-31-29-27-25-23-21-19-17-15-13-11-9-7-2/h8,10,14,16,20,22,26,28,32,34,38,40,44-45,89,93H,6-7,9,11-13,15,17-19,21,23-25,27,29-31,33,35-37,39,41-43,46-88H2,1-5H3/b10-8-,16-14-,22-20-,28-26-,34-32-,40-38-,45-44-. The van der Waals surface area contributed by atoms with Gasteiger partial charge in [-0.1, -0.05) is 433 Å². The summed E-state index contributed by atoms with van der Waals surface area (Å²) in [6.07, 6.45) is 112. The van der Waals surface area contributed by atoms with Crippen molar-refractivity contribution in [3.63, 3.8) is 0 Å². The SMILES string of the molecule is CC/C=C\C/C=C\C/C=C\C/C=C\C/C=C\C/C=C\C/C=C\CCCCCCCCCCCCCCCCCCCCCC(=O)OC(COC(=O)CCCCCCCCCCCCCCCCCCCCCCCCCCCCCCCCCCCCCC)COC(OCC[N+](C)(C)C)C(=O)[O-]. The minimum Gasteiger partial charge on any atom is -0.545 e. The fourth-order valence-corrected chi connectivity index (χ4v) is 13.2. The second-order valence-electron chi connectivity index (χ2n) is 31.2. The Balaban J connectivity index is 3.93. The minimum absolute atomic E-state index is 0.149. The number of carboxylic acids is 1. The number of aliphatic carboxylic acids is 1. The van der Waals surface area contributed by atoms with Gasteiger partial charge in [-0.05, 0) is 70.6 Å². The van der Waals surface area contributed by atoms with Crippen LogP contribution in [0.15, 0.2) is 85.1 Å². The van der Waals surface area contributed by atoms with E-state index in [-0.39, 0.29) is 32.2 Å². The lowest BCUT2D eigenvalue weighted by Crippen LogP contribution is -2.44. The molecule has 0 N–H and O–H groups in total. The number of nitrogens with zero attached hydrogens (tertiary/aromatic N) is 1. The van der Waals surface area contributed by atoms with E-state index in [0.717, 1.165) is 77.0 Å². The molecule has 2 unspecified atom stereocenters. The van der Waals surface area contributed by atoms with Crippen molar-refractivity contribution in [2.24, 2.45) is 0 Å². The van der Waals surface area contributed by atoms with Gasteiger partial charge in [0.25, 0.3) is 0 Å². The summed E-state index contributed by atoms with van der Waals surface area (Å²) in [5.41, 5.74) is 0. The zero-order valence-corrected chi connectivity index (χ0v) is 68.2. The molecule has 0 aromatic rings. The average molecular weight is 1430 g/mol. The summed E-state index contributed by atoms with van der Waals surface area (Å²) in [4.78, 5) is 37.7. The fraction of sp³-hybridized carbons (Fsp3) is 0.817. The lowest BCUT2D eigenvalue weighted by molar-refractivity contribution is -0.870. The zero-order valence-electron chi connectivity index (χ0n) is 68.2. The molecule has 0 radical (unpaired) electrons. The highest BCUT2D eigenvalue weighted by molar-refractivity contribution is 5.70. The third-order valence-corrected chi connectivity index (χ3v) is 19.9. The Hall–Kier alpha value is -3.53. The van der Waals surface area contributed by atoms with Gasteiger partial charge in [0.05, 0.1) is 40.3 Å². The number of esters is 2. The average Bonchev–Trinajstić information content (AvgIpc) is 0.999. The van der Waals surface area contributed by atoms with Gasteiger partial charge < -0.3 is 33.3 Å². The maximum absolute atomic E-state index is 13.0. The lowest BCUT2D eigenvalue weighted by Gasteiger charge is -2.26. The van der Waals surface area contributed by atoms with E-state index < -0.39 is 24.3 Å². The smallest absolute Gasteiger partial charge is 0.306 e. The molecular formula is C93H169NO8. The van der Waals surface area contributed by atoms with Crippen LogP contribution in [-0.2, 0) is 33.3 Å². The number of carboxylic acid groups (broad SMARTS) is 1. The van der Waals surface area contributed by atoms with Crippen molar-refractivity contribution < 1.29 is 42.9 Å². The Morgan fingerprint density at radius 1 is 0.304 bits per heavy atom. The van der Waals surface area contributed by atoms with E-state index in [1.807, 2.05) is 21.1 Å². The summed E-state index contributed by atoms with van der Waals surface area (Å²) < 4.78 is 22.9. The van der Waals surface area contributed by atoms with Gasteiger partial charge in [0.2, 0.25) is 0 Å². The van der Waals surface area contributed by atoms with E-state index in [0.29, 0.717) is 23.9 Å². The highest BCUT2D eigenvalue weighted by atomic mass is 16.7. The second-order valence-corrected chi connectivity index (χ2v) is 31.2. The van der Waals surface area contributed by atoms with Gasteiger partial charge >= 0.3 is 11.9 Å². The molecule has 2 atom stereocenters. The zero-order chi connectivity index (χ0) is 73.9. The van der Waals surface area contributed by atoms with Crippen molar-refractivity contribution in [2.75, 3.05) is 47.5 Å². The van der Waals surface area contributed by atoms with Gasteiger partial charge in [-0.2, -0.15) is 0 Å². The quantitative estimate of drug-likeness (QED) is 0.0195. The third-order valence-electron chi connectivity index (χ3n) is 19.9. The minimum atomic E-state index is -1.62. The van der Waals surface area contributed by atoms with Gasteiger partial charge in [0.1, 0.15) is 13.2 Å². The Morgan fingerprint density at radius 2 is 0.559 bits per heavy atom. The van der Waals surface area contributed by atoms with E-state index >= 15 is 0 Å². The van der Waals surface area contributed by atoms with E-state index in [4.69, 9.17) is 18.9 Å². The molecule has 0 amide bonds. The van der Waals surface area contributed by atoms with Crippen molar-refractivity contribution in [3.05, 3.63) is 85.1 Å². The molecule has 594 valence electrons. The number of rotatable bonds is 83. The number of unbranched alkanes of at least 4 members (excludes halogenated alkanes) is 54. The number of quaternary nitrogens is 1. The van der Waals surface area contributed by atoms with Gasteiger partial charge in [-0.25, -0.2) is 0 Å². The maximum atomic E-state index is 13.0. The first kappa shape index (κ1) is 98.5. The largest absolute Gasteiger partial charge is 0.545 e. The molecule has 0 aromatic heterocycles. The Kier molecular flexibility index (Phi) is 80.2. The van der Waals surface area contributed by atoms with Gasteiger partial charge in [-0.15, -0.1) is 0 Å². The highest BCUT2D eigenvalue weighted by Crippen LogP contribution is 2.21. The van der Waals surface area contributed by atoms with Crippen LogP contribution < -0.4 is 5.11 Å². The van der Waals surface area contributed by atoms with Crippen molar-refractivity contribution in [3.8, 4) is 0 Å². The predicted molar refractivity (Wildman–Crippen MR) is 440 cm³/mol. The molecular weight excluding hydrogens is 1260 g/mol. The van der Waals surface area contributed by atoms with Crippen LogP contribution in [0.2, 0.25) is 0 Å². The molecule has 0 bridgehead atoms. The first-order valence-corrected chi connectivity index (χ1v) is 44.2. The summed E-state index contributed by atoms with van der Waals surface area (Å²) >= 11 is 0. The van der Waals surface area contributed by atoms with Crippen LogP contribution in [0, 0.1) is 0 Å². The number of hydrogen-bond donors (Lipinski definition) is 0. The van der Waals surface area contributed by atoms with Crippen LogP contribution in [-0.4, -0.2) is 82.3 Å². The van der Waals surface area contributed by atoms with Crippen molar-refractivity contribution in [1.82, 2.24) is 0 Å². The molecule has 0 aliphatic carbocycles. The second kappa shape index (κ2) is 83.1. The van der Waals surface area contributed by atoms with Crippen molar-refractivity contribution in [1.29, 1.82) is 0 Å². The monoisotopic (exact) mass is 1430 g/mol. The topological polar surface area (TPSA) is 111 Å². The molecule has 0 fully saturated rings. The maximum Gasteiger partial charge on any atom is 0.306 e. The van der Waals surface area contributed by atoms with E-state index in [2.05, 4.69) is 98.9 Å². The van der Waals surface area contributed by atoms with Crippen LogP contribution >= 0.6 is 0 Å². The molecule has 9 nitrogen and oxygen atoms in total. The van der Waals surface area contributed by atoms with E-state index in [1.165, 1.54) is 321 Å². The highest BCUT2D eigenvalue weighted by Gasteiger charge is 2.22. The summed E-state index contributed by atoms with van der Waals surface area (Å²) in [7, 11) is 5.95. The summed E-state index contributed by atoms with van der Waals surface area (Å²) in [5.74, 6) is -2.25. The van der Waals surface area contributed by atoms with Crippen LogP contribution in [0.5, 0.6) is 0 Å². The Morgan fingerprint density at radius 3 is 0.833 bits per heavy atom. The summed E-state index contributed by atoms with van der Waals surface area (Å²) in [6.45, 7) is 4.71. The molecule has 0 aromatic carbocycles. The lowest BCUT2D eigenvalue weighted by atomic mass is 10.0. The van der Waals surface area contributed by atoms with Crippen LogP contribution in [0.1, 0.15) is 431 Å². The molecule has 0 rings (SSSR count). The number of likely N-dealkylation sites (N-methyl/N-ethyl adjacent to an activating group) is 1. The molecule has 0 heterocycles. The molecule has 0 saturated carbocycles. The first-order chi connectivity index (χ1) is 50.1. The molecule has 0 aliphatic heterocycles. The molecule has 0 saturated heterocycles. The Bertz CT molecular complexity index is 1960. The van der Waals surface area contributed by atoms with Gasteiger partial charge in [0.15, 0.2) is 12.4 Å². The third kappa shape index (κ3) is 83.7. The van der Waals surface area contributed by atoms with E-state index in [1.54, 1.807) is 0 Å². The summed E-state index contributed by atoms with van der Waals surface area (Å²) in [6, 6.07) is 0. The predicted octanol–water partition coefficient (Wildman–Crippen LogP) is 27.5. The number of allylic oxidation sites excluding steroid dienone is 14. The van der Waals surface area contributed by atoms with Crippen molar-refractivity contribution in [2.45, 2.75) is 444 Å². The van der Waals surface area contributed by atoms with Gasteiger partial charge in [0, 0.05) is 12.8 Å². The van der Waals surface area contributed by atoms with E-state index in [9.17, 15) is 19.5 Å². The molecule has 9 heteroatoms. The van der Waals surface area contributed by atoms with Crippen molar-refractivity contribution >= 4 is 17.9 Å². The van der Waals surface area contributed by atoms with Crippen LogP contribution in [0.3, 0.4) is 0 Å². The summed E-state index contributed by atoms with van der Waals surface area (Å²) in [5, 5.41) is 11.9. The molecule has 0 spiro atoms. The number of hydrogen-bond acceptors (Lipinski definition) is 8. The van der Waals surface area contributed by atoms with Crippen LogP contribution in [0.25, 0.3) is 0 Å². The normalized spacial score (nSPS) is 13.0. The Labute approximate surface area is 633 Å².